The topological polar surface area (TPSA) is 46.3 Å². The monoisotopic (exact) mass is 166 g/mol. The second kappa shape index (κ2) is 3.94. The van der Waals surface area contributed by atoms with Gasteiger partial charge in [-0.05, 0) is 25.2 Å². The van der Waals surface area contributed by atoms with Crippen molar-refractivity contribution in [1.82, 2.24) is 4.90 Å². The van der Waals surface area contributed by atoms with Crippen molar-refractivity contribution < 1.29 is 4.79 Å². The van der Waals surface area contributed by atoms with Crippen molar-refractivity contribution in [3.05, 3.63) is 0 Å². The molecule has 1 aliphatic heterocycles. The lowest BCUT2D eigenvalue weighted by Gasteiger charge is -2.24. The maximum absolute atomic E-state index is 11.5. The van der Waals surface area contributed by atoms with Crippen LogP contribution in [-0.4, -0.2) is 37.2 Å². The normalized spacial score (nSPS) is 25.8. The fourth-order valence-electron chi connectivity index (χ4n) is 1.45. The van der Waals surface area contributed by atoms with Crippen LogP contribution in [-0.2, 0) is 4.79 Å². The van der Waals surface area contributed by atoms with Crippen LogP contribution < -0.4 is 5.73 Å². The van der Waals surface area contributed by atoms with Crippen LogP contribution in [0.15, 0.2) is 0 Å². The highest BCUT2D eigenvalue weighted by Crippen LogP contribution is 2.15. The fraction of sp³-hybridized carbons (Fsp3) is 0.875. The Labute approximate surface area is 74.7 Å². The largest absolute Gasteiger partial charge is 0.347 e. The molecule has 66 valence electrons. The van der Waals surface area contributed by atoms with Crippen LogP contribution in [0.25, 0.3) is 0 Å². The molecule has 0 aromatic heterocycles. The first-order valence-corrected chi connectivity index (χ1v) is 4.48. The number of carbonyl (C=O) groups is 1. The Hall–Kier alpha value is -0.505. The van der Waals surface area contributed by atoms with Crippen molar-refractivity contribution in [3.8, 4) is 0 Å². The standard InChI is InChI=1S/C8H15BN2O/c1-2-6(10)8(12)11-5-3-4-7(11)9/h6-7H,2-5,10H2,1H3. The summed E-state index contributed by atoms with van der Waals surface area (Å²) in [6.45, 7) is 2.68. The molecule has 1 saturated heterocycles. The summed E-state index contributed by atoms with van der Waals surface area (Å²) < 4.78 is 0. The van der Waals surface area contributed by atoms with Crippen LogP contribution in [0.3, 0.4) is 0 Å². The molecule has 0 bridgehead atoms. The summed E-state index contributed by atoms with van der Waals surface area (Å²) in [5, 5.41) is 0. The number of likely N-dealkylation sites (tertiary alicyclic amines) is 1. The minimum atomic E-state index is -0.367. The molecule has 0 aliphatic carbocycles. The minimum absolute atomic E-state index is 0.00231. The summed E-state index contributed by atoms with van der Waals surface area (Å²) >= 11 is 0. The molecular weight excluding hydrogens is 151 g/mol. The number of carbonyl (C=O) groups excluding carboxylic acids is 1. The molecule has 0 aromatic rings. The summed E-state index contributed by atoms with van der Waals surface area (Å²) in [5.74, 6) is -0.0994. The highest BCUT2D eigenvalue weighted by molar-refractivity contribution is 6.13. The Bertz CT molecular complexity index is 174. The molecule has 0 spiro atoms. The zero-order valence-corrected chi connectivity index (χ0v) is 7.49. The molecule has 1 amide bonds. The third-order valence-corrected chi connectivity index (χ3v) is 2.34. The quantitative estimate of drug-likeness (QED) is 0.579. The summed E-state index contributed by atoms with van der Waals surface area (Å²) in [6, 6.07) is -0.367. The Morgan fingerprint density at radius 2 is 2.50 bits per heavy atom. The van der Waals surface area contributed by atoms with E-state index in [9.17, 15) is 4.79 Å². The fourth-order valence-corrected chi connectivity index (χ4v) is 1.45. The summed E-state index contributed by atoms with van der Waals surface area (Å²) in [4.78, 5) is 13.2. The highest BCUT2D eigenvalue weighted by atomic mass is 16.2. The summed E-state index contributed by atoms with van der Waals surface area (Å²) in [6.07, 6.45) is 2.59. The van der Waals surface area contributed by atoms with Crippen molar-refractivity contribution in [1.29, 1.82) is 0 Å². The third-order valence-electron chi connectivity index (χ3n) is 2.34. The number of amides is 1. The molecule has 1 heterocycles. The van der Waals surface area contributed by atoms with E-state index in [-0.39, 0.29) is 17.9 Å². The Morgan fingerprint density at radius 1 is 1.83 bits per heavy atom. The van der Waals surface area contributed by atoms with Crippen LogP contribution in [0.4, 0.5) is 0 Å². The lowest BCUT2D eigenvalue weighted by atomic mass is 9.93. The van der Waals surface area contributed by atoms with Gasteiger partial charge in [-0.3, -0.25) is 4.79 Å². The van der Waals surface area contributed by atoms with Gasteiger partial charge >= 0.3 is 0 Å². The first-order chi connectivity index (χ1) is 5.66. The van der Waals surface area contributed by atoms with Crippen molar-refractivity contribution in [3.63, 3.8) is 0 Å². The summed E-state index contributed by atoms with van der Waals surface area (Å²) in [5.41, 5.74) is 5.61. The lowest BCUT2D eigenvalue weighted by molar-refractivity contribution is -0.132. The first-order valence-electron chi connectivity index (χ1n) is 4.48. The summed E-state index contributed by atoms with van der Waals surface area (Å²) in [7, 11) is 5.72. The maximum atomic E-state index is 11.5. The molecule has 1 rings (SSSR count). The van der Waals surface area contributed by atoms with Gasteiger partial charge in [0.25, 0.3) is 0 Å². The lowest BCUT2D eigenvalue weighted by Crippen LogP contribution is -2.45. The van der Waals surface area contributed by atoms with E-state index in [2.05, 4.69) is 0 Å². The van der Waals surface area contributed by atoms with Gasteiger partial charge in [0.1, 0.15) is 0 Å². The van der Waals surface area contributed by atoms with Crippen molar-refractivity contribution >= 4 is 13.8 Å². The van der Waals surface area contributed by atoms with E-state index < -0.39 is 0 Å². The molecule has 4 heteroatoms. The van der Waals surface area contributed by atoms with Gasteiger partial charge in [-0.15, -0.1) is 0 Å². The third kappa shape index (κ3) is 1.80. The number of hydrogen-bond acceptors (Lipinski definition) is 2. The van der Waals surface area contributed by atoms with Gasteiger partial charge in [0, 0.05) is 6.54 Å². The molecule has 12 heavy (non-hydrogen) atoms. The second-order valence-electron chi connectivity index (χ2n) is 3.26. The Kier molecular flexibility index (Phi) is 3.15. The van der Waals surface area contributed by atoms with E-state index in [1.165, 1.54) is 0 Å². The van der Waals surface area contributed by atoms with Gasteiger partial charge in [0.15, 0.2) is 0 Å². The van der Waals surface area contributed by atoms with Crippen LogP contribution in [0.5, 0.6) is 0 Å². The number of nitrogens with zero attached hydrogens (tertiary/aromatic N) is 1. The van der Waals surface area contributed by atoms with E-state index in [0.29, 0.717) is 6.42 Å². The molecule has 2 radical (unpaired) electrons. The SMILES string of the molecule is [B]C1CCCN1C(=O)C(N)CC. The van der Waals surface area contributed by atoms with E-state index in [0.717, 1.165) is 19.4 Å². The average Bonchev–Trinajstić information content (AvgIpc) is 2.48. The van der Waals surface area contributed by atoms with E-state index in [1.807, 2.05) is 6.92 Å². The van der Waals surface area contributed by atoms with Gasteiger partial charge in [0.2, 0.25) is 5.91 Å². The van der Waals surface area contributed by atoms with Crippen LogP contribution >= 0.6 is 0 Å². The maximum Gasteiger partial charge on any atom is 0.239 e. The Morgan fingerprint density at radius 3 is 2.92 bits per heavy atom. The zero-order valence-electron chi connectivity index (χ0n) is 7.49. The predicted octanol–water partition coefficient (Wildman–Crippen LogP) is -0.159. The van der Waals surface area contributed by atoms with E-state index in [4.69, 9.17) is 13.6 Å². The highest BCUT2D eigenvalue weighted by Gasteiger charge is 2.27. The van der Waals surface area contributed by atoms with Crippen molar-refractivity contribution in [2.75, 3.05) is 6.54 Å². The molecule has 1 aliphatic rings. The van der Waals surface area contributed by atoms with Crippen LogP contribution in [0, 0.1) is 0 Å². The van der Waals surface area contributed by atoms with E-state index >= 15 is 0 Å². The minimum Gasteiger partial charge on any atom is -0.347 e. The smallest absolute Gasteiger partial charge is 0.239 e. The number of rotatable bonds is 2. The van der Waals surface area contributed by atoms with Gasteiger partial charge in [-0.25, -0.2) is 0 Å². The predicted molar refractivity (Wildman–Crippen MR) is 48.8 cm³/mol. The molecule has 1 fully saturated rings. The number of hydrogen-bond donors (Lipinski definition) is 1. The molecule has 0 saturated carbocycles. The molecule has 2 N–H and O–H groups in total. The van der Waals surface area contributed by atoms with Crippen molar-refractivity contribution in [2.24, 2.45) is 5.73 Å². The second-order valence-corrected chi connectivity index (χ2v) is 3.26. The molecule has 0 aromatic carbocycles. The average molecular weight is 166 g/mol. The molecule has 2 unspecified atom stereocenters. The van der Waals surface area contributed by atoms with E-state index in [1.54, 1.807) is 4.90 Å². The Balaban J connectivity index is 2.51. The van der Waals surface area contributed by atoms with Gasteiger partial charge in [-0.1, -0.05) is 6.92 Å². The molecule has 3 nitrogen and oxygen atoms in total. The van der Waals surface area contributed by atoms with Gasteiger partial charge in [-0.2, -0.15) is 0 Å². The van der Waals surface area contributed by atoms with Gasteiger partial charge in [0.05, 0.1) is 13.9 Å². The van der Waals surface area contributed by atoms with Gasteiger partial charge < -0.3 is 10.6 Å². The molecular formula is C8H15BN2O. The van der Waals surface area contributed by atoms with Crippen LogP contribution in [0.1, 0.15) is 26.2 Å². The van der Waals surface area contributed by atoms with Crippen LogP contribution in [0.2, 0.25) is 0 Å². The zero-order chi connectivity index (χ0) is 9.14. The molecule has 2 atom stereocenters. The number of nitrogens with two attached hydrogens (primary N) is 1. The first kappa shape index (κ1) is 9.58. The van der Waals surface area contributed by atoms with Crippen molar-refractivity contribution in [2.45, 2.75) is 38.2 Å².